The fourth-order valence-electron chi connectivity index (χ4n) is 3.04. The Labute approximate surface area is 139 Å². The molecule has 24 heavy (non-hydrogen) atoms. The Hall–Kier alpha value is -2.41. The maximum Gasteiger partial charge on any atom is 0.270 e. The fraction of sp³-hybridized carbons (Fsp3) is 0.412. The van der Waals surface area contributed by atoms with Gasteiger partial charge in [0, 0.05) is 7.05 Å². The molecule has 1 aromatic heterocycles. The van der Waals surface area contributed by atoms with Crippen molar-refractivity contribution >= 4 is 5.91 Å². The number of aryl methyl sites for hydroxylation is 1. The average Bonchev–Trinajstić information content (AvgIpc) is 2.96. The minimum atomic E-state index is -0.477. The van der Waals surface area contributed by atoms with Gasteiger partial charge >= 0.3 is 0 Å². The van der Waals surface area contributed by atoms with Gasteiger partial charge in [0.15, 0.2) is 11.6 Å². The molecule has 1 aliphatic carbocycles. The van der Waals surface area contributed by atoms with Crippen molar-refractivity contribution in [1.29, 1.82) is 0 Å². The third-order valence-electron chi connectivity index (χ3n) is 4.49. The van der Waals surface area contributed by atoms with Crippen LogP contribution in [0.2, 0.25) is 0 Å². The summed E-state index contributed by atoms with van der Waals surface area (Å²) in [4.78, 5) is 16.4. The van der Waals surface area contributed by atoms with Gasteiger partial charge in [0.25, 0.3) is 5.91 Å². The normalized spacial score (nSPS) is 21.0. The SMILES string of the molecule is COc1ccc(C(NC(=O)c2cncn2C)C2CC(O)C2)cc1F. The van der Waals surface area contributed by atoms with Crippen LogP contribution < -0.4 is 10.1 Å². The Balaban J connectivity index is 1.85. The van der Waals surface area contributed by atoms with Crippen LogP contribution in [0.4, 0.5) is 4.39 Å². The van der Waals surface area contributed by atoms with Crippen molar-refractivity contribution in [2.75, 3.05) is 7.11 Å². The van der Waals surface area contributed by atoms with E-state index in [0.717, 1.165) is 0 Å². The minimum absolute atomic E-state index is 0.0602. The van der Waals surface area contributed by atoms with Crippen molar-refractivity contribution in [2.24, 2.45) is 13.0 Å². The second kappa shape index (κ2) is 6.60. The summed E-state index contributed by atoms with van der Waals surface area (Å²) in [6.07, 6.45) is 3.81. The summed E-state index contributed by atoms with van der Waals surface area (Å²) in [7, 11) is 3.14. The van der Waals surface area contributed by atoms with Gasteiger partial charge in [-0.25, -0.2) is 9.37 Å². The highest BCUT2D eigenvalue weighted by molar-refractivity contribution is 5.92. The lowest BCUT2D eigenvalue weighted by Gasteiger charge is -2.38. The highest BCUT2D eigenvalue weighted by Crippen LogP contribution is 2.39. The van der Waals surface area contributed by atoms with E-state index >= 15 is 0 Å². The summed E-state index contributed by atoms with van der Waals surface area (Å²) in [5.74, 6) is -0.540. The molecule has 0 spiro atoms. The first kappa shape index (κ1) is 16.4. The van der Waals surface area contributed by atoms with E-state index in [-0.39, 0.29) is 29.7 Å². The van der Waals surface area contributed by atoms with Gasteiger partial charge in [-0.3, -0.25) is 4.79 Å². The number of aliphatic hydroxyl groups is 1. The quantitative estimate of drug-likeness (QED) is 0.875. The lowest BCUT2D eigenvalue weighted by Crippen LogP contribution is -2.41. The molecule has 0 aliphatic heterocycles. The molecule has 0 radical (unpaired) electrons. The number of hydrogen-bond donors (Lipinski definition) is 2. The molecule has 1 atom stereocenters. The van der Waals surface area contributed by atoms with E-state index in [1.807, 2.05) is 0 Å². The largest absolute Gasteiger partial charge is 0.494 e. The highest BCUT2D eigenvalue weighted by Gasteiger charge is 2.36. The van der Waals surface area contributed by atoms with Gasteiger partial charge < -0.3 is 19.7 Å². The monoisotopic (exact) mass is 333 g/mol. The van der Waals surface area contributed by atoms with Crippen LogP contribution in [0.25, 0.3) is 0 Å². The zero-order valence-corrected chi connectivity index (χ0v) is 13.6. The molecule has 0 saturated heterocycles. The van der Waals surface area contributed by atoms with Crippen molar-refractivity contribution in [2.45, 2.75) is 25.0 Å². The number of methoxy groups -OCH3 is 1. The number of amides is 1. The van der Waals surface area contributed by atoms with Crippen LogP contribution in [-0.4, -0.2) is 33.8 Å². The molecule has 7 heteroatoms. The number of benzene rings is 1. The van der Waals surface area contributed by atoms with Gasteiger partial charge in [-0.15, -0.1) is 0 Å². The van der Waals surface area contributed by atoms with Crippen molar-refractivity contribution in [3.63, 3.8) is 0 Å². The summed E-state index contributed by atoms with van der Waals surface area (Å²) < 4.78 is 20.6. The number of carbonyl (C=O) groups is 1. The number of aromatic nitrogens is 2. The van der Waals surface area contributed by atoms with Crippen molar-refractivity contribution < 1.29 is 19.0 Å². The summed E-state index contributed by atoms with van der Waals surface area (Å²) in [5, 5.41) is 12.5. The number of halogens is 1. The second-order valence-electron chi connectivity index (χ2n) is 6.12. The van der Waals surface area contributed by atoms with E-state index in [2.05, 4.69) is 10.3 Å². The van der Waals surface area contributed by atoms with Crippen LogP contribution in [-0.2, 0) is 7.05 Å². The highest BCUT2D eigenvalue weighted by atomic mass is 19.1. The molecule has 1 aromatic carbocycles. The Morgan fingerprint density at radius 3 is 2.79 bits per heavy atom. The van der Waals surface area contributed by atoms with Crippen molar-refractivity contribution in [3.05, 3.63) is 47.8 Å². The molecule has 3 rings (SSSR count). The van der Waals surface area contributed by atoms with Crippen LogP contribution in [0, 0.1) is 11.7 Å². The lowest BCUT2D eigenvalue weighted by molar-refractivity contribution is 0.0234. The molecule has 2 N–H and O–H groups in total. The Bertz CT molecular complexity index is 740. The molecule has 1 unspecified atom stereocenters. The van der Waals surface area contributed by atoms with Crippen LogP contribution in [0.3, 0.4) is 0 Å². The first-order valence-corrected chi connectivity index (χ1v) is 7.78. The summed E-state index contributed by atoms with van der Waals surface area (Å²) in [5.41, 5.74) is 1.08. The van der Waals surface area contributed by atoms with Gasteiger partial charge in [-0.05, 0) is 36.5 Å². The summed E-state index contributed by atoms with van der Waals surface area (Å²) in [6.45, 7) is 0. The predicted molar refractivity (Wildman–Crippen MR) is 85.1 cm³/mol. The second-order valence-corrected chi connectivity index (χ2v) is 6.12. The number of carbonyl (C=O) groups excluding carboxylic acids is 1. The molecule has 1 aliphatic rings. The number of hydrogen-bond acceptors (Lipinski definition) is 4. The average molecular weight is 333 g/mol. The van der Waals surface area contributed by atoms with Crippen LogP contribution in [0.5, 0.6) is 5.75 Å². The molecular weight excluding hydrogens is 313 g/mol. The molecule has 1 amide bonds. The number of nitrogens with zero attached hydrogens (tertiary/aromatic N) is 2. The Morgan fingerprint density at radius 2 is 2.25 bits per heavy atom. The first-order chi connectivity index (χ1) is 11.5. The van der Waals surface area contributed by atoms with Gasteiger partial charge in [0.2, 0.25) is 0 Å². The molecule has 6 nitrogen and oxygen atoms in total. The van der Waals surface area contributed by atoms with Crippen LogP contribution in [0.15, 0.2) is 30.7 Å². The van der Waals surface area contributed by atoms with E-state index in [0.29, 0.717) is 24.1 Å². The van der Waals surface area contributed by atoms with Crippen molar-refractivity contribution in [1.82, 2.24) is 14.9 Å². The Kier molecular flexibility index (Phi) is 4.53. The van der Waals surface area contributed by atoms with Crippen LogP contribution >= 0.6 is 0 Å². The van der Waals surface area contributed by atoms with E-state index in [4.69, 9.17) is 4.74 Å². The molecule has 1 fully saturated rings. The van der Waals surface area contributed by atoms with E-state index < -0.39 is 5.82 Å². The number of ether oxygens (including phenoxy) is 1. The predicted octanol–water partition coefficient (Wildman–Crippen LogP) is 1.81. The van der Waals surface area contributed by atoms with Gasteiger partial charge in [0.1, 0.15) is 5.69 Å². The molecule has 2 aromatic rings. The zero-order valence-electron chi connectivity index (χ0n) is 13.6. The summed E-state index contributed by atoms with van der Waals surface area (Å²) >= 11 is 0. The zero-order chi connectivity index (χ0) is 17.3. The molecule has 1 heterocycles. The molecular formula is C17H20FN3O3. The van der Waals surface area contributed by atoms with Gasteiger partial charge in [-0.1, -0.05) is 6.07 Å². The number of imidazole rings is 1. The Morgan fingerprint density at radius 1 is 1.50 bits per heavy atom. The standard InChI is InChI=1S/C17H20FN3O3/c1-21-9-19-8-14(21)17(23)20-16(11-5-12(22)6-11)10-3-4-15(24-2)13(18)7-10/h3-4,7-9,11-12,16,22H,5-6H2,1-2H3,(H,20,23). The first-order valence-electron chi connectivity index (χ1n) is 7.78. The van der Waals surface area contributed by atoms with Crippen molar-refractivity contribution in [3.8, 4) is 5.75 Å². The maximum absolute atomic E-state index is 14.0. The fourth-order valence-corrected chi connectivity index (χ4v) is 3.04. The van der Waals surface area contributed by atoms with Gasteiger partial charge in [-0.2, -0.15) is 0 Å². The number of nitrogens with one attached hydrogen (secondary N) is 1. The molecule has 128 valence electrons. The topological polar surface area (TPSA) is 76.4 Å². The number of rotatable bonds is 5. The lowest BCUT2D eigenvalue weighted by atomic mass is 9.75. The minimum Gasteiger partial charge on any atom is -0.494 e. The van der Waals surface area contributed by atoms with E-state index in [9.17, 15) is 14.3 Å². The summed E-state index contributed by atoms with van der Waals surface area (Å²) in [6, 6.07) is 4.28. The maximum atomic E-state index is 14.0. The molecule has 0 bridgehead atoms. The number of aliphatic hydroxyl groups excluding tert-OH is 1. The smallest absolute Gasteiger partial charge is 0.270 e. The van der Waals surface area contributed by atoms with E-state index in [1.54, 1.807) is 30.1 Å². The molecule has 1 saturated carbocycles. The third-order valence-corrected chi connectivity index (χ3v) is 4.49. The third kappa shape index (κ3) is 3.12. The van der Waals surface area contributed by atoms with Gasteiger partial charge in [0.05, 0.1) is 31.8 Å². The van der Waals surface area contributed by atoms with Crippen LogP contribution in [0.1, 0.15) is 34.9 Å². The van der Waals surface area contributed by atoms with E-state index in [1.165, 1.54) is 19.4 Å².